The highest BCUT2D eigenvalue weighted by molar-refractivity contribution is 7.80. The molecule has 0 aromatic heterocycles. The Morgan fingerprint density at radius 1 is 1.15 bits per heavy atom. The van der Waals surface area contributed by atoms with E-state index in [-0.39, 0.29) is 35.8 Å². The summed E-state index contributed by atoms with van der Waals surface area (Å²) in [6.45, 7) is 5.91. The maximum atomic E-state index is 12.8. The Hall–Kier alpha value is -3.66. The highest BCUT2D eigenvalue weighted by atomic mass is 32.1. The van der Waals surface area contributed by atoms with Crippen LogP contribution in [0.25, 0.3) is 0 Å². The molecular formula is C24H27N3O6S. The SMILES string of the molecule is CCOC(=O)C1=C(C)N(C)C(=S)N[C@@H]1c1cc(OCC)c(OCc2ccccc2)cc1[N+](=O)[O-]. The maximum absolute atomic E-state index is 12.8. The van der Waals surface area contributed by atoms with Crippen molar-refractivity contribution < 1.29 is 23.9 Å². The van der Waals surface area contributed by atoms with Crippen LogP contribution in [0.3, 0.4) is 0 Å². The second-order valence-corrected chi connectivity index (χ2v) is 7.87. The van der Waals surface area contributed by atoms with E-state index < -0.39 is 16.9 Å². The smallest absolute Gasteiger partial charge is 0.338 e. The second kappa shape index (κ2) is 11.0. The number of rotatable bonds is 9. The first-order valence-corrected chi connectivity index (χ1v) is 11.2. The predicted molar refractivity (Wildman–Crippen MR) is 131 cm³/mol. The van der Waals surface area contributed by atoms with E-state index in [1.807, 2.05) is 30.3 Å². The summed E-state index contributed by atoms with van der Waals surface area (Å²) in [5.74, 6) is -0.0231. The van der Waals surface area contributed by atoms with E-state index in [2.05, 4.69) is 5.32 Å². The minimum atomic E-state index is -0.898. The summed E-state index contributed by atoms with van der Waals surface area (Å²) >= 11 is 5.40. The van der Waals surface area contributed by atoms with E-state index in [0.29, 0.717) is 23.2 Å². The van der Waals surface area contributed by atoms with Crippen LogP contribution in [0.4, 0.5) is 5.69 Å². The van der Waals surface area contributed by atoms with Crippen molar-refractivity contribution in [1.82, 2.24) is 10.2 Å². The Bertz CT molecular complexity index is 1120. The fraction of sp³-hybridized carbons (Fsp3) is 0.333. The molecule has 0 amide bonds. The van der Waals surface area contributed by atoms with Crippen LogP contribution in [0.15, 0.2) is 53.7 Å². The minimum absolute atomic E-state index is 0.162. The van der Waals surface area contributed by atoms with Crippen LogP contribution in [0.5, 0.6) is 11.5 Å². The summed E-state index contributed by atoms with van der Waals surface area (Å²) in [7, 11) is 1.71. The lowest BCUT2D eigenvalue weighted by Crippen LogP contribution is -2.46. The predicted octanol–water partition coefficient (Wildman–Crippen LogP) is 4.27. The topological polar surface area (TPSA) is 103 Å². The Kier molecular flexibility index (Phi) is 8.06. The number of ether oxygens (including phenoxy) is 3. The molecule has 3 rings (SSSR count). The molecular weight excluding hydrogens is 458 g/mol. The summed E-state index contributed by atoms with van der Waals surface area (Å²) < 4.78 is 16.9. The van der Waals surface area contributed by atoms with Gasteiger partial charge in [0.2, 0.25) is 0 Å². The van der Waals surface area contributed by atoms with E-state index in [4.69, 9.17) is 26.4 Å². The van der Waals surface area contributed by atoms with Crippen LogP contribution < -0.4 is 14.8 Å². The van der Waals surface area contributed by atoms with Gasteiger partial charge in [0.25, 0.3) is 5.69 Å². The van der Waals surface area contributed by atoms with Crippen LogP contribution in [0.2, 0.25) is 0 Å². The normalized spacial score (nSPS) is 15.6. The van der Waals surface area contributed by atoms with Crippen LogP contribution in [0, 0.1) is 10.1 Å². The molecule has 1 aliphatic rings. The van der Waals surface area contributed by atoms with Gasteiger partial charge in [-0.1, -0.05) is 30.3 Å². The molecule has 10 heteroatoms. The molecule has 2 aromatic rings. The second-order valence-electron chi connectivity index (χ2n) is 7.48. The highest BCUT2D eigenvalue weighted by Crippen LogP contribution is 2.42. The molecule has 1 heterocycles. The first-order chi connectivity index (χ1) is 16.3. The lowest BCUT2D eigenvalue weighted by molar-refractivity contribution is -0.385. The number of nitrogens with zero attached hydrogens (tertiary/aromatic N) is 2. The van der Waals surface area contributed by atoms with Crippen LogP contribution >= 0.6 is 12.2 Å². The monoisotopic (exact) mass is 485 g/mol. The van der Waals surface area contributed by atoms with Gasteiger partial charge in [-0.05, 0) is 44.6 Å². The Morgan fingerprint density at radius 3 is 2.44 bits per heavy atom. The van der Waals surface area contributed by atoms with Gasteiger partial charge in [-0.15, -0.1) is 0 Å². The molecule has 0 saturated heterocycles. The van der Waals surface area contributed by atoms with E-state index >= 15 is 0 Å². The van der Waals surface area contributed by atoms with E-state index in [9.17, 15) is 14.9 Å². The Balaban J connectivity index is 2.12. The zero-order chi connectivity index (χ0) is 24.8. The first kappa shape index (κ1) is 25.0. The zero-order valence-corrected chi connectivity index (χ0v) is 20.3. The average Bonchev–Trinajstić information content (AvgIpc) is 2.82. The number of hydrogen-bond donors (Lipinski definition) is 1. The summed E-state index contributed by atoms with van der Waals surface area (Å²) in [6, 6.07) is 11.4. The number of nitrogens with one attached hydrogen (secondary N) is 1. The molecule has 0 radical (unpaired) electrons. The molecule has 1 N–H and O–H groups in total. The molecule has 0 bridgehead atoms. The van der Waals surface area contributed by atoms with Gasteiger partial charge < -0.3 is 24.4 Å². The van der Waals surface area contributed by atoms with Gasteiger partial charge in [-0.3, -0.25) is 10.1 Å². The van der Waals surface area contributed by atoms with Crippen molar-refractivity contribution in [1.29, 1.82) is 0 Å². The van der Waals surface area contributed by atoms with Gasteiger partial charge in [0.1, 0.15) is 6.61 Å². The van der Waals surface area contributed by atoms with Crippen molar-refractivity contribution in [3.63, 3.8) is 0 Å². The molecule has 0 fully saturated rings. The van der Waals surface area contributed by atoms with Crippen molar-refractivity contribution in [3.05, 3.63) is 75.0 Å². The van der Waals surface area contributed by atoms with E-state index in [1.54, 1.807) is 32.7 Å². The number of nitro groups is 1. The van der Waals surface area contributed by atoms with Crippen LogP contribution in [0.1, 0.15) is 37.9 Å². The number of esters is 1. The number of allylic oxidation sites excluding steroid dienone is 1. The van der Waals surface area contributed by atoms with E-state index in [1.165, 1.54) is 12.1 Å². The number of thiocarbonyl (C=S) groups is 1. The Morgan fingerprint density at radius 2 is 1.82 bits per heavy atom. The van der Waals surface area contributed by atoms with Crippen LogP contribution in [-0.4, -0.2) is 41.2 Å². The quantitative estimate of drug-likeness (QED) is 0.241. The molecule has 1 aliphatic heterocycles. The zero-order valence-electron chi connectivity index (χ0n) is 19.5. The fourth-order valence-electron chi connectivity index (χ4n) is 3.61. The van der Waals surface area contributed by atoms with Crippen molar-refractivity contribution in [2.45, 2.75) is 33.4 Å². The van der Waals surface area contributed by atoms with Gasteiger partial charge in [-0.25, -0.2) is 4.79 Å². The van der Waals surface area contributed by atoms with Gasteiger partial charge in [0.15, 0.2) is 16.6 Å². The van der Waals surface area contributed by atoms with Crippen molar-refractivity contribution >= 4 is 29.0 Å². The third-order valence-corrected chi connectivity index (χ3v) is 5.78. The molecule has 180 valence electrons. The number of hydrogen-bond acceptors (Lipinski definition) is 7. The maximum Gasteiger partial charge on any atom is 0.338 e. The molecule has 0 spiro atoms. The van der Waals surface area contributed by atoms with Gasteiger partial charge in [0.05, 0.1) is 41.4 Å². The lowest BCUT2D eigenvalue weighted by Gasteiger charge is -2.35. The molecule has 1 atom stereocenters. The standard InChI is InChI=1S/C24H27N3O6S/c1-5-31-19-12-17(22-21(23(28)32-6-2)15(3)26(4)24(34)25-22)18(27(29)30)13-20(19)33-14-16-10-8-7-9-11-16/h7-13,22H,5-6,14H2,1-4H3,(H,25,34)/t22-/m1/s1. The molecule has 34 heavy (non-hydrogen) atoms. The number of carbonyl (C=O) groups excluding carboxylic acids is 1. The molecule has 2 aromatic carbocycles. The number of carbonyl (C=O) groups is 1. The molecule has 0 unspecified atom stereocenters. The van der Waals surface area contributed by atoms with Crippen molar-refractivity contribution in [2.75, 3.05) is 20.3 Å². The van der Waals surface area contributed by atoms with Gasteiger partial charge in [0, 0.05) is 12.7 Å². The largest absolute Gasteiger partial charge is 0.490 e. The molecule has 0 aliphatic carbocycles. The Labute approximate surface area is 203 Å². The summed E-state index contributed by atoms with van der Waals surface area (Å²) in [5, 5.41) is 15.5. The van der Waals surface area contributed by atoms with Gasteiger partial charge in [-0.2, -0.15) is 0 Å². The number of benzene rings is 2. The highest BCUT2D eigenvalue weighted by Gasteiger charge is 2.38. The third-order valence-electron chi connectivity index (χ3n) is 5.39. The first-order valence-electron chi connectivity index (χ1n) is 10.8. The van der Waals surface area contributed by atoms with Crippen molar-refractivity contribution in [2.24, 2.45) is 0 Å². The average molecular weight is 486 g/mol. The lowest BCUT2D eigenvalue weighted by atomic mass is 9.93. The van der Waals surface area contributed by atoms with Crippen molar-refractivity contribution in [3.8, 4) is 11.5 Å². The molecule has 0 saturated carbocycles. The van der Waals surface area contributed by atoms with Crippen LogP contribution in [-0.2, 0) is 16.1 Å². The third kappa shape index (κ3) is 5.28. The summed E-state index contributed by atoms with van der Waals surface area (Å²) in [5.41, 5.74) is 1.68. The fourth-order valence-corrected chi connectivity index (χ4v) is 3.87. The minimum Gasteiger partial charge on any atom is -0.490 e. The summed E-state index contributed by atoms with van der Waals surface area (Å²) in [4.78, 5) is 26.1. The van der Waals surface area contributed by atoms with Gasteiger partial charge >= 0.3 is 5.97 Å². The van der Waals surface area contributed by atoms with E-state index in [0.717, 1.165) is 5.56 Å². The summed E-state index contributed by atoms with van der Waals surface area (Å²) in [6.07, 6.45) is 0. The molecule has 9 nitrogen and oxygen atoms in total. The number of nitro benzene ring substituents is 1.